The lowest BCUT2D eigenvalue weighted by molar-refractivity contribution is -0.155. The van der Waals surface area contributed by atoms with Crippen LogP contribution in [0.2, 0.25) is 0 Å². The molecule has 3 aliphatic heterocycles. The summed E-state index contributed by atoms with van der Waals surface area (Å²) in [4.78, 5) is 70.8. The number of ether oxygens (including phenoxy) is 2. The molecule has 15 heteroatoms. The van der Waals surface area contributed by atoms with Crippen molar-refractivity contribution in [1.82, 2.24) is 40.1 Å². The van der Waals surface area contributed by atoms with Gasteiger partial charge in [0.15, 0.2) is 0 Å². The molecule has 14 nitrogen and oxygen atoms in total. The molecule has 0 saturated carbocycles. The third-order valence-electron chi connectivity index (χ3n) is 13.5. The number of pyridine rings is 1. The predicted octanol–water partition coefficient (Wildman–Crippen LogP) is 8.12. The zero-order chi connectivity index (χ0) is 46.9. The minimum Gasteiger partial charge on any atom is -0.464 e. The summed E-state index contributed by atoms with van der Waals surface area (Å²) < 4.78 is 14.3. The van der Waals surface area contributed by atoms with Crippen molar-refractivity contribution in [1.29, 1.82) is 0 Å². The second kappa shape index (κ2) is 19.7. The molecule has 6 bridgehead atoms. The van der Waals surface area contributed by atoms with Crippen LogP contribution in [0.25, 0.3) is 33.4 Å². The number of carbonyl (C=O) groups is 4. The number of fused-ring (bicyclic) bond motifs is 6. The van der Waals surface area contributed by atoms with E-state index < -0.39 is 41.3 Å². The summed E-state index contributed by atoms with van der Waals surface area (Å²) in [6.45, 7) is 13.9. The summed E-state index contributed by atoms with van der Waals surface area (Å²) in [7, 11) is 3.36. The Morgan fingerprint density at radius 2 is 1.82 bits per heavy atom. The molecule has 350 valence electrons. The van der Waals surface area contributed by atoms with E-state index in [4.69, 9.17) is 19.4 Å². The van der Waals surface area contributed by atoms with Gasteiger partial charge in [-0.05, 0) is 87.3 Å². The van der Waals surface area contributed by atoms with E-state index in [1.807, 2.05) is 67.4 Å². The first-order valence-corrected chi connectivity index (χ1v) is 24.3. The minimum absolute atomic E-state index is 0.0880. The average Bonchev–Trinajstić information content (AvgIpc) is 4.08. The maximum Gasteiger partial charge on any atom is 0.324 e. The molecule has 6 heterocycles. The normalized spacial score (nSPS) is 21.1. The van der Waals surface area contributed by atoms with Gasteiger partial charge in [0.25, 0.3) is 5.91 Å². The van der Waals surface area contributed by atoms with Crippen LogP contribution in [0, 0.1) is 11.3 Å². The molecule has 5 aromatic rings. The molecular weight excluding hydrogens is 853 g/mol. The first-order chi connectivity index (χ1) is 31.7. The number of carbonyl (C=O) groups excluding carboxylic acids is 4. The number of methoxy groups -OCH3 is 1. The summed E-state index contributed by atoms with van der Waals surface area (Å²) in [5.41, 5.74) is 10.5. The van der Waals surface area contributed by atoms with E-state index in [1.165, 1.54) is 21.2 Å². The number of cyclic esters (lactones) is 1. The predicted molar refractivity (Wildman–Crippen MR) is 256 cm³/mol. The Labute approximate surface area is 392 Å². The molecule has 8 rings (SSSR count). The highest BCUT2D eigenvalue weighted by Crippen LogP contribution is 2.42. The van der Waals surface area contributed by atoms with E-state index in [0.717, 1.165) is 63.1 Å². The maximum absolute atomic E-state index is 14.7. The monoisotopic (exact) mass is 916 g/mol. The summed E-state index contributed by atoms with van der Waals surface area (Å²) in [6, 6.07) is 17.5. The first kappa shape index (κ1) is 46.9. The molecule has 66 heavy (non-hydrogen) atoms. The Morgan fingerprint density at radius 1 is 1.05 bits per heavy atom. The highest BCUT2D eigenvalue weighted by atomic mass is 32.1. The summed E-state index contributed by atoms with van der Waals surface area (Å²) in [6.07, 6.45) is 4.98. The Kier molecular flexibility index (Phi) is 14.0. The molecule has 3 aliphatic rings. The van der Waals surface area contributed by atoms with Gasteiger partial charge in [-0.2, -0.15) is 0 Å². The molecule has 2 N–H and O–H groups in total. The van der Waals surface area contributed by atoms with Crippen molar-refractivity contribution in [2.45, 2.75) is 117 Å². The van der Waals surface area contributed by atoms with Crippen LogP contribution >= 0.6 is 11.3 Å². The lowest BCUT2D eigenvalue weighted by Gasteiger charge is -2.37. The van der Waals surface area contributed by atoms with Gasteiger partial charge in [0, 0.05) is 79.2 Å². The molecule has 4 amide bonds. The third-order valence-corrected chi connectivity index (χ3v) is 14.3. The van der Waals surface area contributed by atoms with E-state index in [0.29, 0.717) is 43.9 Å². The van der Waals surface area contributed by atoms with Crippen molar-refractivity contribution < 1.29 is 28.7 Å². The number of likely N-dealkylation sites (N-methyl/N-ethyl adjacent to an activating group) is 1. The molecule has 0 spiro atoms. The van der Waals surface area contributed by atoms with E-state index in [9.17, 15) is 19.2 Å². The lowest BCUT2D eigenvalue weighted by atomic mass is 9.84. The zero-order valence-corrected chi connectivity index (χ0v) is 40.3. The van der Waals surface area contributed by atoms with Crippen molar-refractivity contribution >= 4 is 46.1 Å². The molecule has 5 atom stereocenters. The third kappa shape index (κ3) is 9.47. The highest BCUT2D eigenvalue weighted by molar-refractivity contribution is 7.10. The SMILES string of the molecule is CCn1c(-c2cccnc2[C@H](C)OC)c2c3cc(ccc31)-c1csc(n1)C[C@H](NC(=O)C(C(C)C)N(C)C(=O)N1CCC[C@H]1c1ccccc1)C(=O)N1CCC[C@H](N1)C(=O)OCC(C)(C)C2. The van der Waals surface area contributed by atoms with Crippen molar-refractivity contribution in [2.24, 2.45) is 11.3 Å². The van der Waals surface area contributed by atoms with Gasteiger partial charge in [0.05, 0.1) is 40.8 Å². The van der Waals surface area contributed by atoms with Gasteiger partial charge in [-0.3, -0.25) is 24.4 Å². The van der Waals surface area contributed by atoms with Crippen LogP contribution in [-0.4, -0.2) is 105 Å². The number of thiazole rings is 1. The Morgan fingerprint density at radius 3 is 2.56 bits per heavy atom. The topological polar surface area (TPSA) is 151 Å². The van der Waals surface area contributed by atoms with E-state index in [1.54, 1.807) is 20.4 Å². The minimum atomic E-state index is -1.05. The number of urea groups is 1. The number of nitrogens with zero attached hydrogens (tertiary/aromatic N) is 6. The Bertz CT molecular complexity index is 2570. The number of hydrogen-bond acceptors (Lipinski definition) is 10. The number of hydrogen-bond donors (Lipinski definition) is 2. The zero-order valence-electron chi connectivity index (χ0n) is 39.5. The summed E-state index contributed by atoms with van der Waals surface area (Å²) in [5.74, 6) is -1.54. The first-order valence-electron chi connectivity index (χ1n) is 23.4. The molecule has 0 radical (unpaired) electrons. The van der Waals surface area contributed by atoms with E-state index in [2.05, 4.69) is 60.3 Å². The van der Waals surface area contributed by atoms with Gasteiger partial charge >= 0.3 is 12.0 Å². The Hall–Kier alpha value is -5.64. The number of nitrogens with one attached hydrogen (secondary N) is 2. The fourth-order valence-electron chi connectivity index (χ4n) is 10.1. The molecular formula is C51H64N8O6S. The number of amides is 4. The van der Waals surface area contributed by atoms with Gasteiger partial charge in [-0.25, -0.2) is 15.2 Å². The van der Waals surface area contributed by atoms with Gasteiger partial charge in [-0.1, -0.05) is 64.1 Å². The van der Waals surface area contributed by atoms with Gasteiger partial charge < -0.3 is 29.2 Å². The fraction of sp³-hybridized carbons (Fsp3) is 0.490. The number of aromatic nitrogens is 3. The molecule has 2 aromatic carbocycles. The molecule has 1 unspecified atom stereocenters. The van der Waals surface area contributed by atoms with Crippen LogP contribution in [0.4, 0.5) is 4.79 Å². The number of benzene rings is 2. The van der Waals surface area contributed by atoms with Crippen molar-refractivity contribution in [3.63, 3.8) is 0 Å². The van der Waals surface area contributed by atoms with Crippen LogP contribution in [0.5, 0.6) is 0 Å². The molecule has 2 fully saturated rings. The van der Waals surface area contributed by atoms with Crippen LogP contribution < -0.4 is 10.7 Å². The standard InChI is InChI=1S/C51H64N8O6S/c1-9-57-42-22-21-34-26-36(42)37(46(57)35-18-13-23-52-44(35)32(4)64-8)28-51(5,6)30-65-49(62)38-19-14-25-59(55-38)48(61)39(27-43-53-40(34)29-66-43)54-47(60)45(31(2)3)56(7)50(63)58-24-15-20-41(58)33-16-11-10-12-17-33/h10-13,16-18,21-23,26,29,31-32,38-39,41,45,55H,9,14-15,19-20,24-25,27-28,30H2,1-8H3,(H,54,60)/t32-,38-,39-,41-,45?/m0/s1. The van der Waals surface area contributed by atoms with Crippen LogP contribution in [0.3, 0.4) is 0 Å². The molecule has 0 aliphatic carbocycles. The quantitative estimate of drug-likeness (QED) is 0.140. The van der Waals surface area contributed by atoms with E-state index >= 15 is 0 Å². The number of esters is 1. The highest BCUT2D eigenvalue weighted by Gasteiger charge is 2.40. The smallest absolute Gasteiger partial charge is 0.324 e. The summed E-state index contributed by atoms with van der Waals surface area (Å²) in [5, 5.41) is 8.25. The number of likely N-dealkylation sites (tertiary alicyclic amines) is 1. The van der Waals surface area contributed by atoms with Crippen LogP contribution in [0.1, 0.15) is 101 Å². The van der Waals surface area contributed by atoms with Crippen molar-refractivity contribution in [3.8, 4) is 22.5 Å². The second-order valence-electron chi connectivity index (χ2n) is 19.1. The largest absolute Gasteiger partial charge is 0.464 e. The lowest BCUT2D eigenvalue weighted by Crippen LogP contribution is -2.62. The van der Waals surface area contributed by atoms with Crippen LogP contribution in [-0.2, 0) is 43.2 Å². The number of rotatable bonds is 9. The van der Waals surface area contributed by atoms with Gasteiger partial charge in [-0.15, -0.1) is 11.3 Å². The summed E-state index contributed by atoms with van der Waals surface area (Å²) >= 11 is 1.43. The molecule has 2 saturated heterocycles. The number of hydrazine groups is 1. The Balaban J connectivity index is 1.16. The van der Waals surface area contributed by atoms with Crippen LogP contribution in [0.15, 0.2) is 72.2 Å². The fourth-order valence-corrected chi connectivity index (χ4v) is 10.9. The van der Waals surface area contributed by atoms with Gasteiger partial charge in [0.2, 0.25) is 5.91 Å². The van der Waals surface area contributed by atoms with Crippen molar-refractivity contribution in [3.05, 3.63) is 94.1 Å². The van der Waals surface area contributed by atoms with E-state index in [-0.39, 0.29) is 37.1 Å². The number of aryl methyl sites for hydroxylation is 1. The maximum atomic E-state index is 14.7. The molecule has 3 aromatic heterocycles. The van der Waals surface area contributed by atoms with Crippen molar-refractivity contribution in [2.75, 3.05) is 33.9 Å². The second-order valence-corrected chi connectivity index (χ2v) is 20.1. The average molecular weight is 917 g/mol. The van der Waals surface area contributed by atoms with Gasteiger partial charge in [0.1, 0.15) is 18.1 Å².